The normalized spacial score (nSPS) is 17.8. The van der Waals surface area contributed by atoms with Crippen molar-refractivity contribution in [1.29, 1.82) is 0 Å². The molecule has 1 aromatic heterocycles. The highest BCUT2D eigenvalue weighted by Crippen LogP contribution is 2.26. The van der Waals surface area contributed by atoms with Crippen LogP contribution in [0.25, 0.3) is 10.9 Å². The van der Waals surface area contributed by atoms with Crippen LogP contribution in [0.2, 0.25) is 0 Å². The van der Waals surface area contributed by atoms with Crippen molar-refractivity contribution in [1.82, 2.24) is 19.8 Å². The molecule has 0 saturated carbocycles. The molecule has 3 aromatic rings. The van der Waals surface area contributed by atoms with Crippen LogP contribution in [-0.4, -0.2) is 77.4 Å². The van der Waals surface area contributed by atoms with Crippen molar-refractivity contribution in [2.75, 3.05) is 46.0 Å². The lowest BCUT2D eigenvalue weighted by atomic mass is 10.1. The summed E-state index contributed by atoms with van der Waals surface area (Å²) in [6.07, 6.45) is 2.58. The zero-order chi connectivity index (χ0) is 27.9. The van der Waals surface area contributed by atoms with Crippen LogP contribution in [0.15, 0.2) is 52.4 Å². The smallest absolute Gasteiger partial charge is 0.269 e. The SMILES string of the molecule is O=C(NCCCN1CCOCC1)c1ccc2c(=O)n(C[C@@H]3CCCO3)c(SCc3cccc([N+](=O)[O-])c3)nc2c1. The standard InChI is InChI=1S/C28H33N5O6S/c34-26(29-9-3-10-31-11-14-38-15-12-31)21-7-8-24-25(17-21)30-28(32(27(24)35)18-23-6-2-13-39-23)40-19-20-4-1-5-22(16-20)33(36)37/h1,4-5,7-8,16-17,23H,2-3,6,9-15,18-19H2,(H,29,34)/t23-/m0/s1. The van der Waals surface area contributed by atoms with Gasteiger partial charge in [0.2, 0.25) is 0 Å². The van der Waals surface area contributed by atoms with Crippen LogP contribution >= 0.6 is 11.8 Å². The van der Waals surface area contributed by atoms with Gasteiger partial charge in [0.05, 0.1) is 41.7 Å². The highest BCUT2D eigenvalue weighted by Gasteiger charge is 2.21. The summed E-state index contributed by atoms with van der Waals surface area (Å²) in [4.78, 5) is 44.3. The Hall–Kier alpha value is -3.32. The number of fused-ring (bicyclic) bond motifs is 1. The molecule has 40 heavy (non-hydrogen) atoms. The van der Waals surface area contributed by atoms with Gasteiger partial charge in [0, 0.05) is 49.7 Å². The zero-order valence-corrected chi connectivity index (χ0v) is 23.1. The summed E-state index contributed by atoms with van der Waals surface area (Å²) in [5.74, 6) is 0.189. The molecule has 2 aliphatic heterocycles. The first-order valence-corrected chi connectivity index (χ1v) is 14.6. The largest absolute Gasteiger partial charge is 0.379 e. The Kier molecular flexibility index (Phi) is 9.42. The number of ether oxygens (including phenoxy) is 2. The van der Waals surface area contributed by atoms with E-state index in [1.807, 2.05) is 6.07 Å². The molecule has 1 N–H and O–H groups in total. The Morgan fingerprint density at radius 1 is 1.18 bits per heavy atom. The molecule has 0 spiro atoms. The first-order valence-electron chi connectivity index (χ1n) is 13.6. The van der Waals surface area contributed by atoms with Crippen LogP contribution in [0.5, 0.6) is 0 Å². The molecule has 2 fully saturated rings. The first kappa shape index (κ1) is 28.2. The summed E-state index contributed by atoms with van der Waals surface area (Å²) in [6, 6.07) is 11.4. The van der Waals surface area contributed by atoms with Gasteiger partial charge in [-0.3, -0.25) is 29.2 Å². The quantitative estimate of drug-likeness (QED) is 0.122. The molecule has 3 heterocycles. The molecule has 2 aliphatic rings. The van der Waals surface area contributed by atoms with Crippen molar-refractivity contribution in [2.24, 2.45) is 0 Å². The number of rotatable bonds is 11. The van der Waals surface area contributed by atoms with Gasteiger partial charge in [-0.1, -0.05) is 23.9 Å². The number of nitrogens with zero attached hydrogens (tertiary/aromatic N) is 4. The van der Waals surface area contributed by atoms with Gasteiger partial charge in [0.25, 0.3) is 17.2 Å². The second-order valence-electron chi connectivity index (χ2n) is 9.96. The lowest BCUT2D eigenvalue weighted by Crippen LogP contribution is -2.38. The number of morpholine rings is 1. The number of thioether (sulfide) groups is 1. The minimum Gasteiger partial charge on any atom is -0.379 e. The zero-order valence-electron chi connectivity index (χ0n) is 22.3. The number of carbonyl (C=O) groups excluding carboxylic acids is 1. The number of carbonyl (C=O) groups is 1. The highest BCUT2D eigenvalue weighted by molar-refractivity contribution is 7.98. The summed E-state index contributed by atoms with van der Waals surface area (Å²) < 4.78 is 12.8. The van der Waals surface area contributed by atoms with E-state index in [1.165, 1.54) is 23.9 Å². The Bertz CT molecular complexity index is 1420. The molecular weight excluding hydrogens is 534 g/mol. The maximum Gasteiger partial charge on any atom is 0.269 e. The summed E-state index contributed by atoms with van der Waals surface area (Å²) in [5.41, 5.74) is 1.46. The van der Waals surface area contributed by atoms with Crippen molar-refractivity contribution >= 4 is 34.3 Å². The van der Waals surface area contributed by atoms with Gasteiger partial charge in [-0.05, 0) is 49.6 Å². The van der Waals surface area contributed by atoms with E-state index in [0.29, 0.717) is 47.1 Å². The number of nitro groups is 1. The van der Waals surface area contributed by atoms with E-state index in [-0.39, 0.29) is 23.3 Å². The van der Waals surface area contributed by atoms with E-state index in [1.54, 1.807) is 28.8 Å². The Labute approximate surface area is 236 Å². The molecule has 0 unspecified atom stereocenters. The number of non-ortho nitro benzene ring substituents is 1. The molecule has 1 amide bonds. The number of hydrogen-bond acceptors (Lipinski definition) is 9. The van der Waals surface area contributed by atoms with E-state index < -0.39 is 4.92 Å². The molecule has 212 valence electrons. The van der Waals surface area contributed by atoms with Gasteiger partial charge >= 0.3 is 0 Å². The second kappa shape index (κ2) is 13.4. The number of amides is 1. The third-order valence-corrected chi connectivity index (χ3v) is 8.17. The molecule has 1 atom stereocenters. The van der Waals surface area contributed by atoms with Gasteiger partial charge in [-0.15, -0.1) is 0 Å². The van der Waals surface area contributed by atoms with Crippen LogP contribution in [0.1, 0.15) is 35.2 Å². The van der Waals surface area contributed by atoms with Crippen molar-refractivity contribution in [3.8, 4) is 0 Å². The molecule has 11 nitrogen and oxygen atoms in total. The van der Waals surface area contributed by atoms with Crippen LogP contribution in [0.4, 0.5) is 5.69 Å². The molecular formula is C28H33N5O6S. The Morgan fingerprint density at radius 2 is 2.02 bits per heavy atom. The molecule has 12 heteroatoms. The first-order chi connectivity index (χ1) is 19.5. The van der Waals surface area contributed by atoms with Crippen LogP contribution in [-0.2, 0) is 21.8 Å². The minimum absolute atomic E-state index is 0.0157. The molecule has 0 aliphatic carbocycles. The van der Waals surface area contributed by atoms with Crippen LogP contribution in [0.3, 0.4) is 0 Å². The van der Waals surface area contributed by atoms with Gasteiger partial charge < -0.3 is 14.8 Å². The maximum absolute atomic E-state index is 13.6. The third-order valence-electron chi connectivity index (χ3n) is 7.12. The second-order valence-corrected chi connectivity index (χ2v) is 10.9. The average molecular weight is 568 g/mol. The number of nitro benzene ring substituents is 1. The number of hydrogen-bond donors (Lipinski definition) is 1. The van der Waals surface area contributed by atoms with E-state index in [2.05, 4.69) is 10.2 Å². The van der Waals surface area contributed by atoms with Gasteiger partial charge in [0.15, 0.2) is 5.16 Å². The monoisotopic (exact) mass is 567 g/mol. The van der Waals surface area contributed by atoms with E-state index in [9.17, 15) is 19.7 Å². The number of benzene rings is 2. The number of aromatic nitrogens is 2. The number of nitrogens with one attached hydrogen (secondary N) is 1. The average Bonchev–Trinajstić information content (AvgIpc) is 3.49. The Morgan fingerprint density at radius 3 is 2.80 bits per heavy atom. The summed E-state index contributed by atoms with van der Waals surface area (Å²) >= 11 is 1.34. The molecule has 0 radical (unpaired) electrons. The fourth-order valence-electron chi connectivity index (χ4n) is 4.94. The maximum atomic E-state index is 13.6. The van der Waals surface area contributed by atoms with Crippen LogP contribution < -0.4 is 10.9 Å². The lowest BCUT2D eigenvalue weighted by Gasteiger charge is -2.26. The van der Waals surface area contributed by atoms with Gasteiger partial charge in [-0.25, -0.2) is 4.98 Å². The predicted molar refractivity (Wildman–Crippen MR) is 152 cm³/mol. The van der Waals surface area contributed by atoms with Crippen molar-refractivity contribution < 1.29 is 19.2 Å². The minimum atomic E-state index is -0.426. The molecule has 2 saturated heterocycles. The molecule has 0 bridgehead atoms. The fourth-order valence-corrected chi connectivity index (χ4v) is 5.90. The third kappa shape index (κ3) is 7.05. The van der Waals surface area contributed by atoms with E-state index >= 15 is 0 Å². The highest BCUT2D eigenvalue weighted by atomic mass is 32.2. The molecule has 2 aromatic carbocycles. The van der Waals surface area contributed by atoms with Crippen molar-refractivity contribution in [3.63, 3.8) is 0 Å². The predicted octanol–water partition coefficient (Wildman–Crippen LogP) is 3.23. The van der Waals surface area contributed by atoms with Crippen LogP contribution in [0, 0.1) is 10.1 Å². The summed E-state index contributed by atoms with van der Waals surface area (Å²) in [5, 5.41) is 15.1. The lowest BCUT2D eigenvalue weighted by molar-refractivity contribution is -0.384. The van der Waals surface area contributed by atoms with E-state index in [4.69, 9.17) is 14.5 Å². The van der Waals surface area contributed by atoms with Gasteiger partial charge in [0.1, 0.15) is 0 Å². The fraction of sp³-hybridized carbons (Fsp3) is 0.464. The Balaban J connectivity index is 1.34. The topological polar surface area (TPSA) is 129 Å². The summed E-state index contributed by atoms with van der Waals surface area (Å²) in [7, 11) is 0. The summed E-state index contributed by atoms with van der Waals surface area (Å²) in [6.45, 7) is 5.82. The van der Waals surface area contributed by atoms with E-state index in [0.717, 1.165) is 57.7 Å². The van der Waals surface area contributed by atoms with Gasteiger partial charge in [-0.2, -0.15) is 0 Å². The van der Waals surface area contributed by atoms with Crippen molar-refractivity contribution in [3.05, 3.63) is 74.1 Å². The van der Waals surface area contributed by atoms with Crippen molar-refractivity contribution in [2.45, 2.75) is 42.8 Å². The molecule has 5 rings (SSSR count).